The molecule has 0 aliphatic rings. The topological polar surface area (TPSA) is 32.9 Å². The van der Waals surface area contributed by atoms with Gasteiger partial charge in [-0.2, -0.15) is 0 Å². The molecule has 3 rings (SSSR count). The van der Waals surface area contributed by atoms with Gasteiger partial charge in [0.25, 0.3) is 0 Å². The summed E-state index contributed by atoms with van der Waals surface area (Å²) >= 11 is 9.51. The number of rotatable bonds is 2. The second-order valence-electron chi connectivity index (χ2n) is 4.69. The molecule has 0 radical (unpaired) electrons. The number of ketones is 1. The van der Waals surface area contributed by atoms with Crippen molar-refractivity contribution < 1.29 is 4.79 Å². The summed E-state index contributed by atoms with van der Waals surface area (Å²) in [7, 11) is 0. The quantitative estimate of drug-likeness (QED) is 0.640. The highest BCUT2D eigenvalue weighted by Crippen LogP contribution is 2.25. The molecule has 1 aromatic heterocycles. The average molecular weight is 349 g/mol. The lowest BCUT2D eigenvalue weighted by molar-refractivity contribution is 0.104. The maximum Gasteiger partial charge on any atom is 0.195 e. The Morgan fingerprint density at radius 3 is 2.75 bits per heavy atom. The molecule has 2 nitrogen and oxygen atoms in total. The molecule has 3 aromatic rings. The molecule has 0 aliphatic carbocycles. The van der Waals surface area contributed by atoms with Gasteiger partial charge in [0, 0.05) is 37.7 Å². The Balaban J connectivity index is 2.10. The number of aromatic amines is 1. The average Bonchev–Trinajstić information content (AvgIpc) is 2.84. The molecule has 100 valence electrons. The van der Waals surface area contributed by atoms with Crippen LogP contribution in [0.1, 0.15) is 21.5 Å². The minimum absolute atomic E-state index is 0.0273. The van der Waals surface area contributed by atoms with Crippen LogP contribution < -0.4 is 0 Å². The van der Waals surface area contributed by atoms with E-state index in [1.807, 2.05) is 31.2 Å². The SMILES string of the molecule is Cc1ccc(C(=O)c2c[nH]c3cc(Br)ccc23)cc1Cl. The third-order valence-corrected chi connectivity index (χ3v) is 4.22. The van der Waals surface area contributed by atoms with E-state index < -0.39 is 0 Å². The number of fused-ring (bicyclic) bond motifs is 1. The molecule has 0 bridgehead atoms. The van der Waals surface area contributed by atoms with Gasteiger partial charge in [-0.3, -0.25) is 4.79 Å². The van der Waals surface area contributed by atoms with Gasteiger partial charge in [0.1, 0.15) is 0 Å². The summed E-state index contributed by atoms with van der Waals surface area (Å²) in [4.78, 5) is 15.7. The number of nitrogens with one attached hydrogen (secondary N) is 1. The largest absolute Gasteiger partial charge is 0.360 e. The first-order chi connectivity index (χ1) is 9.56. The van der Waals surface area contributed by atoms with Crippen molar-refractivity contribution in [2.24, 2.45) is 0 Å². The summed E-state index contributed by atoms with van der Waals surface area (Å²) in [5, 5.41) is 1.52. The molecule has 0 spiro atoms. The Bertz CT molecular complexity index is 822. The molecule has 0 saturated carbocycles. The predicted molar refractivity (Wildman–Crippen MR) is 85.6 cm³/mol. The summed E-state index contributed by atoms with van der Waals surface area (Å²) < 4.78 is 0.976. The van der Waals surface area contributed by atoms with Crippen LogP contribution in [0.15, 0.2) is 47.1 Å². The summed E-state index contributed by atoms with van der Waals surface area (Å²) in [6, 6.07) is 11.2. The van der Waals surface area contributed by atoms with E-state index in [0.29, 0.717) is 16.1 Å². The Hall–Kier alpha value is -1.58. The fraction of sp³-hybridized carbons (Fsp3) is 0.0625. The first-order valence-electron chi connectivity index (χ1n) is 6.14. The normalized spacial score (nSPS) is 10.9. The van der Waals surface area contributed by atoms with E-state index in [1.165, 1.54) is 0 Å². The molecule has 2 aromatic carbocycles. The second kappa shape index (κ2) is 5.08. The molecule has 0 unspecified atom stereocenters. The Morgan fingerprint density at radius 2 is 2.00 bits per heavy atom. The van der Waals surface area contributed by atoms with E-state index in [2.05, 4.69) is 20.9 Å². The van der Waals surface area contributed by atoms with Gasteiger partial charge in [-0.1, -0.05) is 45.7 Å². The number of benzene rings is 2. The van der Waals surface area contributed by atoms with Gasteiger partial charge in [-0.25, -0.2) is 0 Å². The molecule has 0 amide bonds. The standard InChI is InChI=1S/C16H11BrClNO/c1-9-2-3-10(6-14(9)18)16(20)13-8-19-15-7-11(17)4-5-12(13)15/h2-8,19H,1H3. The number of aromatic nitrogens is 1. The predicted octanol–water partition coefficient (Wildman–Crippen LogP) is 5.12. The molecule has 4 heteroatoms. The van der Waals surface area contributed by atoms with E-state index in [1.54, 1.807) is 18.3 Å². The maximum absolute atomic E-state index is 12.6. The number of carbonyl (C=O) groups is 1. The molecular weight excluding hydrogens is 338 g/mol. The van der Waals surface area contributed by atoms with E-state index in [-0.39, 0.29) is 5.78 Å². The van der Waals surface area contributed by atoms with Crippen molar-refractivity contribution in [3.8, 4) is 0 Å². The van der Waals surface area contributed by atoms with Gasteiger partial charge in [0.15, 0.2) is 5.78 Å². The van der Waals surface area contributed by atoms with Crippen LogP contribution in [0.4, 0.5) is 0 Å². The van der Waals surface area contributed by atoms with Crippen molar-refractivity contribution >= 4 is 44.2 Å². The fourth-order valence-electron chi connectivity index (χ4n) is 2.18. The molecule has 0 aliphatic heterocycles. The monoisotopic (exact) mass is 347 g/mol. The fourth-order valence-corrected chi connectivity index (χ4v) is 2.72. The van der Waals surface area contributed by atoms with Gasteiger partial charge in [-0.15, -0.1) is 0 Å². The van der Waals surface area contributed by atoms with Crippen molar-refractivity contribution in [3.05, 3.63) is 68.8 Å². The van der Waals surface area contributed by atoms with Crippen LogP contribution in [0.25, 0.3) is 10.9 Å². The third-order valence-electron chi connectivity index (χ3n) is 3.32. The van der Waals surface area contributed by atoms with Crippen LogP contribution >= 0.6 is 27.5 Å². The third kappa shape index (κ3) is 2.28. The summed E-state index contributed by atoms with van der Waals surface area (Å²) in [5.41, 5.74) is 3.16. The summed E-state index contributed by atoms with van der Waals surface area (Å²) in [6.45, 7) is 1.92. The molecule has 20 heavy (non-hydrogen) atoms. The summed E-state index contributed by atoms with van der Waals surface area (Å²) in [5.74, 6) is -0.0273. The minimum Gasteiger partial charge on any atom is -0.360 e. The highest BCUT2D eigenvalue weighted by atomic mass is 79.9. The highest BCUT2D eigenvalue weighted by Gasteiger charge is 2.15. The van der Waals surface area contributed by atoms with Gasteiger partial charge in [0.05, 0.1) is 0 Å². The Labute approximate surface area is 129 Å². The van der Waals surface area contributed by atoms with Crippen LogP contribution in [-0.4, -0.2) is 10.8 Å². The summed E-state index contributed by atoms with van der Waals surface area (Å²) in [6.07, 6.45) is 1.74. The lowest BCUT2D eigenvalue weighted by Gasteiger charge is -2.03. The lowest BCUT2D eigenvalue weighted by Crippen LogP contribution is -2.00. The number of halogens is 2. The maximum atomic E-state index is 12.6. The van der Waals surface area contributed by atoms with Crippen molar-refractivity contribution in [2.75, 3.05) is 0 Å². The molecule has 0 atom stereocenters. The molecule has 1 N–H and O–H groups in total. The molecular formula is C16H11BrClNO. The zero-order chi connectivity index (χ0) is 14.3. The van der Waals surface area contributed by atoms with Gasteiger partial charge in [0.2, 0.25) is 0 Å². The minimum atomic E-state index is -0.0273. The molecule has 1 heterocycles. The first kappa shape index (κ1) is 13.4. The van der Waals surface area contributed by atoms with Crippen LogP contribution in [0.2, 0.25) is 5.02 Å². The number of H-pyrrole nitrogens is 1. The number of hydrogen-bond donors (Lipinski definition) is 1. The van der Waals surface area contributed by atoms with E-state index in [9.17, 15) is 4.79 Å². The van der Waals surface area contributed by atoms with Gasteiger partial charge < -0.3 is 4.98 Å². The van der Waals surface area contributed by atoms with Gasteiger partial charge >= 0.3 is 0 Å². The second-order valence-corrected chi connectivity index (χ2v) is 6.01. The van der Waals surface area contributed by atoms with E-state index >= 15 is 0 Å². The van der Waals surface area contributed by atoms with E-state index in [0.717, 1.165) is 20.9 Å². The van der Waals surface area contributed by atoms with Crippen molar-refractivity contribution in [1.82, 2.24) is 4.98 Å². The molecule has 0 saturated heterocycles. The van der Waals surface area contributed by atoms with Crippen LogP contribution in [0, 0.1) is 6.92 Å². The Kier molecular flexibility index (Phi) is 3.40. The zero-order valence-electron chi connectivity index (χ0n) is 10.7. The van der Waals surface area contributed by atoms with Gasteiger partial charge in [-0.05, 0) is 30.7 Å². The van der Waals surface area contributed by atoms with Crippen LogP contribution in [-0.2, 0) is 0 Å². The van der Waals surface area contributed by atoms with Crippen molar-refractivity contribution in [2.45, 2.75) is 6.92 Å². The smallest absolute Gasteiger partial charge is 0.195 e. The van der Waals surface area contributed by atoms with Crippen molar-refractivity contribution in [3.63, 3.8) is 0 Å². The van der Waals surface area contributed by atoms with E-state index in [4.69, 9.17) is 11.6 Å². The lowest BCUT2D eigenvalue weighted by atomic mass is 10.0. The highest BCUT2D eigenvalue weighted by molar-refractivity contribution is 9.10. The number of hydrogen-bond acceptors (Lipinski definition) is 1. The Morgan fingerprint density at radius 1 is 1.20 bits per heavy atom. The zero-order valence-corrected chi connectivity index (χ0v) is 13.0. The van der Waals surface area contributed by atoms with Crippen LogP contribution in [0.5, 0.6) is 0 Å². The molecule has 0 fully saturated rings. The van der Waals surface area contributed by atoms with Crippen LogP contribution in [0.3, 0.4) is 0 Å². The number of carbonyl (C=O) groups excluding carboxylic acids is 1. The first-order valence-corrected chi connectivity index (χ1v) is 7.31. The number of aryl methyl sites for hydroxylation is 1. The van der Waals surface area contributed by atoms with Crippen molar-refractivity contribution in [1.29, 1.82) is 0 Å².